The van der Waals surface area contributed by atoms with Gasteiger partial charge in [-0.25, -0.2) is 4.68 Å². The number of oxime groups is 1. The lowest BCUT2D eigenvalue weighted by Gasteiger charge is -2.67. The highest BCUT2D eigenvalue weighted by Gasteiger charge is 2.76. The summed E-state index contributed by atoms with van der Waals surface area (Å²) in [6, 6.07) is 0.307. The standard InChI is InChI=1S/C24H35N5O3/c25-20(28-31)6-7-29-23(32-13-14-4-2-1-3-5-14)18(12-26-29)22(30)27-21-15-8-16-9-17-10-19(21)24(16,17)11-15/h12,14-17,19,21,31H,1-11,13H2,(H2,25,28)(H,27,30). The summed E-state index contributed by atoms with van der Waals surface area (Å²) in [5.41, 5.74) is 6.75. The van der Waals surface area contributed by atoms with Gasteiger partial charge in [0, 0.05) is 12.5 Å². The Labute approximate surface area is 188 Å². The molecule has 0 radical (unpaired) electrons. The number of hydrogen-bond acceptors (Lipinski definition) is 5. The second-order valence-corrected chi connectivity index (χ2v) is 11.0. The van der Waals surface area contributed by atoms with Crippen molar-refractivity contribution in [3.8, 4) is 5.88 Å². The van der Waals surface area contributed by atoms with E-state index in [2.05, 4.69) is 15.6 Å². The van der Waals surface area contributed by atoms with Gasteiger partial charge in [0.15, 0.2) is 0 Å². The minimum Gasteiger partial charge on any atom is -0.477 e. The maximum absolute atomic E-state index is 13.4. The predicted molar refractivity (Wildman–Crippen MR) is 118 cm³/mol. The van der Waals surface area contributed by atoms with Gasteiger partial charge in [-0.05, 0) is 73.5 Å². The smallest absolute Gasteiger partial charge is 0.258 e. The van der Waals surface area contributed by atoms with E-state index in [1.807, 2.05) is 0 Å². The van der Waals surface area contributed by atoms with E-state index >= 15 is 0 Å². The third-order valence-corrected chi connectivity index (χ3v) is 9.68. The highest BCUT2D eigenvalue weighted by molar-refractivity contribution is 5.96. The van der Waals surface area contributed by atoms with Crippen LogP contribution in [0.5, 0.6) is 5.88 Å². The average Bonchev–Trinajstić information content (AvgIpc) is 3.45. The topological polar surface area (TPSA) is 115 Å². The molecule has 0 aromatic carbocycles. The van der Waals surface area contributed by atoms with Gasteiger partial charge >= 0.3 is 0 Å². The number of hydrogen-bond donors (Lipinski definition) is 3. The van der Waals surface area contributed by atoms with E-state index in [0.29, 0.717) is 60.2 Å². The van der Waals surface area contributed by atoms with Gasteiger partial charge in [-0.15, -0.1) is 0 Å². The van der Waals surface area contributed by atoms with Gasteiger partial charge in [-0.3, -0.25) is 4.79 Å². The molecule has 32 heavy (non-hydrogen) atoms. The quantitative estimate of drug-likeness (QED) is 0.248. The Balaban J connectivity index is 1.17. The minimum absolute atomic E-state index is 0.0630. The molecule has 2 bridgehead atoms. The monoisotopic (exact) mass is 441 g/mol. The Morgan fingerprint density at radius 2 is 2.09 bits per heavy atom. The van der Waals surface area contributed by atoms with Crippen molar-refractivity contribution in [2.24, 2.45) is 45.9 Å². The van der Waals surface area contributed by atoms with Crippen LogP contribution in [0.15, 0.2) is 11.4 Å². The summed E-state index contributed by atoms with van der Waals surface area (Å²) < 4.78 is 7.93. The Morgan fingerprint density at radius 1 is 1.28 bits per heavy atom. The van der Waals surface area contributed by atoms with Gasteiger partial charge in [-0.2, -0.15) is 5.10 Å². The fourth-order valence-electron chi connectivity index (χ4n) is 8.14. The van der Waals surface area contributed by atoms with Crippen LogP contribution in [0.1, 0.15) is 74.6 Å². The molecule has 0 aliphatic heterocycles. The van der Waals surface area contributed by atoms with Crippen molar-refractivity contribution in [1.82, 2.24) is 15.1 Å². The number of ether oxygens (including phenoxy) is 1. The number of nitrogens with one attached hydrogen (secondary N) is 1. The molecule has 1 aromatic heterocycles. The number of fused-ring (bicyclic) bond motifs is 1. The molecule has 5 aliphatic carbocycles. The maximum Gasteiger partial charge on any atom is 0.258 e. The maximum atomic E-state index is 13.4. The van der Waals surface area contributed by atoms with E-state index in [9.17, 15) is 4.79 Å². The molecule has 5 fully saturated rings. The largest absolute Gasteiger partial charge is 0.477 e. The highest BCUT2D eigenvalue weighted by Crippen LogP contribution is 2.81. The summed E-state index contributed by atoms with van der Waals surface area (Å²) in [6.45, 7) is 1.01. The van der Waals surface area contributed by atoms with Gasteiger partial charge in [0.1, 0.15) is 11.4 Å². The Kier molecular flexibility index (Phi) is 4.88. The zero-order valence-electron chi connectivity index (χ0n) is 18.7. The number of amides is 1. The fourth-order valence-corrected chi connectivity index (χ4v) is 8.14. The molecule has 8 nitrogen and oxygen atoms in total. The number of carbonyl (C=O) groups excluding carboxylic acids is 1. The van der Waals surface area contributed by atoms with E-state index in [1.165, 1.54) is 57.8 Å². The van der Waals surface area contributed by atoms with E-state index in [0.717, 1.165) is 11.8 Å². The zero-order valence-corrected chi connectivity index (χ0v) is 18.7. The van der Waals surface area contributed by atoms with Gasteiger partial charge in [-0.1, -0.05) is 24.4 Å². The Hall–Kier alpha value is -2.25. The number of carbonyl (C=O) groups is 1. The van der Waals surface area contributed by atoms with E-state index in [4.69, 9.17) is 15.7 Å². The minimum atomic E-state index is -0.0630. The lowest BCUT2D eigenvalue weighted by atomic mass is 9.38. The molecular weight excluding hydrogens is 406 g/mol. The third-order valence-electron chi connectivity index (χ3n) is 9.68. The molecule has 0 saturated heterocycles. The summed E-state index contributed by atoms with van der Waals surface area (Å²) >= 11 is 0. The number of nitrogens with two attached hydrogens (primary N) is 1. The molecule has 1 aromatic rings. The van der Waals surface area contributed by atoms with Gasteiger partial charge in [0.05, 0.1) is 19.3 Å². The summed E-state index contributed by atoms with van der Waals surface area (Å²) in [7, 11) is 0. The first-order chi connectivity index (χ1) is 15.6. The average molecular weight is 442 g/mol. The highest BCUT2D eigenvalue weighted by atomic mass is 16.5. The van der Waals surface area contributed by atoms with Crippen molar-refractivity contribution in [1.29, 1.82) is 0 Å². The molecule has 4 N–H and O–H groups in total. The van der Waals surface area contributed by atoms with Crippen LogP contribution in [0.2, 0.25) is 0 Å². The normalized spacial score (nSPS) is 37.5. The molecule has 5 aliphatic rings. The first-order valence-electron chi connectivity index (χ1n) is 12.6. The van der Waals surface area contributed by atoms with E-state index in [-0.39, 0.29) is 11.7 Å². The van der Waals surface area contributed by atoms with E-state index < -0.39 is 0 Å². The lowest BCUT2D eigenvalue weighted by Crippen LogP contribution is -2.65. The van der Waals surface area contributed by atoms with Gasteiger partial charge in [0.2, 0.25) is 5.88 Å². The van der Waals surface area contributed by atoms with Crippen LogP contribution in [0.4, 0.5) is 0 Å². The van der Waals surface area contributed by atoms with Crippen LogP contribution >= 0.6 is 0 Å². The van der Waals surface area contributed by atoms with Crippen molar-refractivity contribution < 1.29 is 14.7 Å². The van der Waals surface area contributed by atoms with Crippen LogP contribution in [-0.2, 0) is 6.54 Å². The van der Waals surface area contributed by atoms with Crippen LogP contribution in [-0.4, -0.2) is 39.4 Å². The van der Waals surface area contributed by atoms with Crippen LogP contribution in [0.25, 0.3) is 0 Å². The zero-order chi connectivity index (χ0) is 21.9. The molecule has 1 spiro atoms. The molecule has 1 amide bonds. The number of nitrogens with zero attached hydrogens (tertiary/aromatic N) is 3. The first kappa shape index (κ1) is 20.4. The van der Waals surface area contributed by atoms with Crippen molar-refractivity contribution in [2.75, 3.05) is 6.61 Å². The van der Waals surface area contributed by atoms with Crippen molar-refractivity contribution in [3.63, 3.8) is 0 Å². The number of rotatable bonds is 8. The fraction of sp³-hybridized carbons (Fsp3) is 0.792. The first-order valence-corrected chi connectivity index (χ1v) is 12.6. The second-order valence-electron chi connectivity index (χ2n) is 11.0. The van der Waals surface area contributed by atoms with E-state index in [1.54, 1.807) is 10.9 Å². The summed E-state index contributed by atoms with van der Waals surface area (Å²) in [6.07, 6.45) is 13.5. The lowest BCUT2D eigenvalue weighted by molar-refractivity contribution is -0.182. The number of amidine groups is 1. The van der Waals surface area contributed by atoms with Crippen molar-refractivity contribution in [2.45, 2.75) is 76.8 Å². The predicted octanol–water partition coefficient (Wildman–Crippen LogP) is 3.14. The second kappa shape index (κ2) is 7.66. The Bertz CT molecular complexity index is 923. The molecule has 8 heteroatoms. The van der Waals surface area contributed by atoms with Crippen LogP contribution < -0.4 is 15.8 Å². The summed E-state index contributed by atoms with van der Waals surface area (Å²) in [4.78, 5) is 13.4. The SMILES string of the molecule is N/C(CCn1ncc(C(=O)NC2C3CC4CC5CC2C45C3)c1OCC1CCCCC1)=N\O. The molecule has 174 valence electrons. The van der Waals surface area contributed by atoms with Gasteiger partial charge in [0.25, 0.3) is 5.91 Å². The molecule has 6 rings (SSSR count). The van der Waals surface area contributed by atoms with Crippen LogP contribution in [0, 0.1) is 35.0 Å². The molecule has 6 atom stereocenters. The van der Waals surface area contributed by atoms with Crippen molar-refractivity contribution >= 4 is 11.7 Å². The van der Waals surface area contributed by atoms with Gasteiger partial charge < -0.3 is 21.0 Å². The summed E-state index contributed by atoms with van der Waals surface area (Å²) in [5.74, 6) is 4.31. The molecule has 1 heterocycles. The summed E-state index contributed by atoms with van der Waals surface area (Å²) in [5, 5.41) is 19.8. The molecular formula is C24H35N5O3. The molecule has 5 saturated carbocycles. The van der Waals surface area contributed by atoms with Crippen LogP contribution in [0.3, 0.4) is 0 Å². The number of aromatic nitrogens is 2. The molecule has 6 unspecified atom stereocenters. The van der Waals surface area contributed by atoms with Crippen molar-refractivity contribution in [3.05, 3.63) is 11.8 Å². The number of aryl methyl sites for hydroxylation is 1. The Morgan fingerprint density at radius 3 is 2.84 bits per heavy atom. The third kappa shape index (κ3) is 2.97.